The van der Waals surface area contributed by atoms with Crippen LogP contribution in [-0.2, 0) is 0 Å². The van der Waals surface area contributed by atoms with E-state index in [-0.39, 0.29) is 11.2 Å². The van der Waals surface area contributed by atoms with Gasteiger partial charge in [-0.2, -0.15) is 0 Å². The predicted molar refractivity (Wildman–Crippen MR) is 79.4 cm³/mol. The third kappa shape index (κ3) is 3.03. The molecular weight excluding hydrogens is 307 g/mol. The van der Waals surface area contributed by atoms with Gasteiger partial charge in [0.2, 0.25) is 0 Å². The molecule has 0 amide bonds. The molecule has 0 saturated heterocycles. The Labute approximate surface area is 123 Å². The molecule has 106 valence electrons. The third-order valence-corrected chi connectivity index (χ3v) is 4.88. The highest BCUT2D eigenvalue weighted by Gasteiger charge is 2.42. The largest absolute Gasteiger partial charge is 0.388 e. The maximum Gasteiger partial charge on any atom is 0.143 e. The van der Waals surface area contributed by atoms with Crippen molar-refractivity contribution < 1.29 is 9.50 Å². The van der Waals surface area contributed by atoms with Gasteiger partial charge >= 0.3 is 0 Å². The fourth-order valence-corrected chi connectivity index (χ4v) is 3.92. The first-order chi connectivity index (χ1) is 8.96. The van der Waals surface area contributed by atoms with Crippen LogP contribution in [0.5, 0.6) is 0 Å². The van der Waals surface area contributed by atoms with Crippen molar-refractivity contribution in [3.05, 3.63) is 34.1 Å². The van der Waals surface area contributed by atoms with Gasteiger partial charge in [0.05, 0.1) is 10.6 Å². The van der Waals surface area contributed by atoms with Crippen molar-refractivity contribution in [1.82, 2.24) is 0 Å². The molecule has 1 saturated carbocycles. The molecule has 1 aromatic rings. The topological polar surface area (TPSA) is 20.2 Å². The Bertz CT molecular complexity index is 438. The Morgan fingerprint density at radius 2 is 1.95 bits per heavy atom. The first kappa shape index (κ1) is 15.0. The molecule has 1 unspecified atom stereocenters. The van der Waals surface area contributed by atoms with E-state index < -0.39 is 6.10 Å². The summed E-state index contributed by atoms with van der Waals surface area (Å²) in [6.07, 6.45) is 4.53. The van der Waals surface area contributed by atoms with Gasteiger partial charge in [-0.05, 0) is 47.2 Å². The van der Waals surface area contributed by atoms with Gasteiger partial charge in [0.25, 0.3) is 0 Å². The van der Waals surface area contributed by atoms with Crippen LogP contribution >= 0.6 is 15.9 Å². The molecule has 0 heterocycles. The maximum absolute atomic E-state index is 14.2. The van der Waals surface area contributed by atoms with Gasteiger partial charge in [-0.3, -0.25) is 0 Å². The zero-order valence-corrected chi connectivity index (χ0v) is 13.2. The monoisotopic (exact) mass is 328 g/mol. The number of halogens is 2. The highest BCUT2D eigenvalue weighted by atomic mass is 79.9. The molecule has 0 spiro atoms. The number of hydrogen-bond donors (Lipinski definition) is 1. The number of benzene rings is 1. The summed E-state index contributed by atoms with van der Waals surface area (Å²) >= 11 is 3.21. The minimum Gasteiger partial charge on any atom is -0.388 e. The second-order valence-corrected chi connectivity index (χ2v) is 7.07. The lowest BCUT2D eigenvalue weighted by molar-refractivity contribution is 0.00869. The summed E-state index contributed by atoms with van der Waals surface area (Å²) in [5, 5.41) is 10.8. The first-order valence-electron chi connectivity index (χ1n) is 7.08. The maximum atomic E-state index is 14.2. The van der Waals surface area contributed by atoms with E-state index in [0.29, 0.717) is 16.0 Å². The van der Waals surface area contributed by atoms with E-state index in [1.165, 1.54) is 0 Å². The molecular formula is C16H22BrFO. The summed E-state index contributed by atoms with van der Waals surface area (Å²) in [5.41, 5.74) is 0.299. The Morgan fingerprint density at radius 3 is 2.53 bits per heavy atom. The van der Waals surface area contributed by atoms with Crippen LogP contribution in [0.25, 0.3) is 0 Å². The lowest BCUT2D eigenvalue weighted by Gasteiger charge is -2.36. The predicted octanol–water partition coefficient (Wildman–Crippen LogP) is 5.23. The summed E-state index contributed by atoms with van der Waals surface area (Å²) in [7, 11) is 0. The van der Waals surface area contributed by atoms with Crippen LogP contribution < -0.4 is 0 Å². The Balaban J connectivity index is 2.34. The van der Waals surface area contributed by atoms with E-state index in [1.807, 2.05) is 0 Å². The number of rotatable bonds is 4. The van der Waals surface area contributed by atoms with E-state index in [0.717, 1.165) is 32.1 Å². The molecule has 0 bridgehead atoms. The summed E-state index contributed by atoms with van der Waals surface area (Å²) in [6.45, 7) is 4.34. The Hall–Kier alpha value is -0.410. The van der Waals surface area contributed by atoms with Crippen molar-refractivity contribution in [2.75, 3.05) is 0 Å². The van der Waals surface area contributed by atoms with Crippen LogP contribution in [0.2, 0.25) is 0 Å². The van der Waals surface area contributed by atoms with E-state index in [1.54, 1.807) is 18.2 Å². The molecule has 0 radical (unpaired) electrons. The molecule has 1 aliphatic carbocycles. The van der Waals surface area contributed by atoms with Crippen molar-refractivity contribution in [1.29, 1.82) is 0 Å². The molecule has 2 rings (SSSR count). The van der Waals surface area contributed by atoms with Crippen molar-refractivity contribution in [2.45, 2.75) is 52.1 Å². The van der Waals surface area contributed by atoms with E-state index in [9.17, 15) is 9.50 Å². The van der Waals surface area contributed by atoms with Crippen LogP contribution in [0.4, 0.5) is 4.39 Å². The minimum absolute atomic E-state index is 0.143. The van der Waals surface area contributed by atoms with Crippen LogP contribution in [0.3, 0.4) is 0 Å². The summed E-state index contributed by atoms with van der Waals surface area (Å²) in [5.74, 6) is 0.202. The Morgan fingerprint density at radius 1 is 1.32 bits per heavy atom. The molecule has 0 aliphatic heterocycles. The highest BCUT2D eigenvalue weighted by molar-refractivity contribution is 9.10. The van der Waals surface area contributed by atoms with Gasteiger partial charge < -0.3 is 5.11 Å². The number of aliphatic hydroxyl groups is 1. The normalized spacial score (nSPS) is 19.9. The van der Waals surface area contributed by atoms with Crippen molar-refractivity contribution >= 4 is 15.9 Å². The van der Waals surface area contributed by atoms with Crippen LogP contribution in [0.15, 0.2) is 22.7 Å². The smallest absolute Gasteiger partial charge is 0.143 e. The van der Waals surface area contributed by atoms with Gasteiger partial charge in [-0.15, -0.1) is 0 Å². The molecule has 1 nitrogen and oxygen atoms in total. The second kappa shape index (κ2) is 5.92. The fourth-order valence-electron chi connectivity index (χ4n) is 3.54. The van der Waals surface area contributed by atoms with Crippen molar-refractivity contribution in [3.8, 4) is 0 Å². The highest BCUT2D eigenvalue weighted by Crippen LogP contribution is 2.52. The number of hydrogen-bond acceptors (Lipinski definition) is 1. The van der Waals surface area contributed by atoms with Crippen molar-refractivity contribution in [2.24, 2.45) is 11.3 Å². The lowest BCUT2D eigenvalue weighted by atomic mass is 9.72. The molecule has 1 aromatic carbocycles. The van der Waals surface area contributed by atoms with E-state index in [2.05, 4.69) is 29.8 Å². The second-order valence-electron chi connectivity index (χ2n) is 6.21. The molecule has 0 aromatic heterocycles. The number of aliphatic hydroxyl groups excluding tert-OH is 1. The van der Waals surface area contributed by atoms with Crippen LogP contribution in [0.1, 0.15) is 57.6 Å². The molecule has 1 atom stereocenters. The van der Waals surface area contributed by atoms with Gasteiger partial charge in [-0.25, -0.2) is 4.39 Å². The molecule has 1 N–H and O–H groups in total. The van der Waals surface area contributed by atoms with E-state index in [4.69, 9.17) is 0 Å². The summed E-state index contributed by atoms with van der Waals surface area (Å²) < 4.78 is 14.6. The zero-order chi connectivity index (χ0) is 14.0. The zero-order valence-electron chi connectivity index (χ0n) is 11.6. The average Bonchev–Trinajstić information content (AvgIpc) is 2.80. The van der Waals surface area contributed by atoms with Gasteiger partial charge in [-0.1, -0.05) is 38.8 Å². The lowest BCUT2D eigenvalue weighted by Crippen LogP contribution is -2.28. The van der Waals surface area contributed by atoms with Crippen molar-refractivity contribution in [3.63, 3.8) is 0 Å². The quantitative estimate of drug-likeness (QED) is 0.802. The van der Waals surface area contributed by atoms with Gasteiger partial charge in [0.1, 0.15) is 5.82 Å². The fraction of sp³-hybridized carbons (Fsp3) is 0.625. The van der Waals surface area contributed by atoms with Gasteiger partial charge in [0, 0.05) is 11.0 Å². The van der Waals surface area contributed by atoms with Gasteiger partial charge in [0.15, 0.2) is 0 Å². The standard InChI is InChI=1S/C16H22BrFO/c1-11(2)10-16(8-3-4-9-16)15(19)12-6-5-7-13(17)14(12)18/h5-7,11,15,19H,3-4,8-10H2,1-2H3. The summed E-state index contributed by atoms with van der Waals surface area (Å²) in [6, 6.07) is 5.18. The molecule has 1 fully saturated rings. The SMILES string of the molecule is CC(C)CC1(C(O)c2cccc(Br)c2F)CCCC1. The molecule has 19 heavy (non-hydrogen) atoms. The van der Waals surface area contributed by atoms with Crippen LogP contribution in [0, 0.1) is 17.2 Å². The van der Waals surface area contributed by atoms with E-state index >= 15 is 0 Å². The molecule has 3 heteroatoms. The third-order valence-electron chi connectivity index (χ3n) is 4.27. The average molecular weight is 329 g/mol. The Kier molecular flexibility index (Phi) is 4.67. The summed E-state index contributed by atoms with van der Waals surface area (Å²) in [4.78, 5) is 0. The first-order valence-corrected chi connectivity index (χ1v) is 7.87. The minimum atomic E-state index is -0.699. The molecule has 1 aliphatic rings. The van der Waals surface area contributed by atoms with Crippen LogP contribution in [-0.4, -0.2) is 5.11 Å².